The first-order chi connectivity index (χ1) is 35.0. The Morgan fingerprint density at radius 3 is 2.41 bits per heavy atom. The number of anilines is 1. The Kier molecular flexibility index (Phi) is 13.7. The number of nitro groups is 1. The summed E-state index contributed by atoms with van der Waals surface area (Å²) in [6, 6.07) is 27.3. The third-order valence-corrected chi connectivity index (χ3v) is 18.3. The first kappa shape index (κ1) is 50.0. The standard InChI is InChI=1S/C56H66N8O8S/c1-38(2)46-11-7-8-12-47(46)49-37-62(53(66)40-9-5-4-6-10-40)29-30-63(49)44-33-55(34-44)24-27-61(28-25-55)43-13-14-48(50(32-43)72-45-31-41-19-26-57-51(41)59-36-45)52(65)60-73(70,71)56(64(68)69)22-17-42(18-23-56)58-35-39-15-20-54(3,67)21-16-39/h4-14,17-19,22,26,31-32,36,38-39,44,49,58,67H,15-16,20-21,23-25,27-30,33-35,37H2,1-3H3,(H,57,59)(H,60,65). The van der Waals surface area contributed by atoms with E-state index in [0.29, 0.717) is 73.0 Å². The fraction of sp³-hybridized carbons (Fsp3) is 0.446. The number of fused-ring (bicyclic) bond motifs is 1. The van der Waals surface area contributed by atoms with E-state index in [9.17, 15) is 33.2 Å². The molecule has 3 aliphatic carbocycles. The van der Waals surface area contributed by atoms with Crippen LogP contribution in [0.15, 0.2) is 121 Å². The summed E-state index contributed by atoms with van der Waals surface area (Å²) in [7, 11) is -4.96. The quantitative estimate of drug-likeness (QED) is 0.0609. The minimum Gasteiger partial charge on any atom is -0.455 e. The number of benzene rings is 3. The van der Waals surface area contributed by atoms with E-state index in [1.807, 2.05) is 52.9 Å². The van der Waals surface area contributed by atoms with E-state index in [1.54, 1.807) is 24.4 Å². The number of carbonyl (C=O) groups excluding carboxylic acids is 2. The van der Waals surface area contributed by atoms with Gasteiger partial charge in [0, 0.05) is 90.9 Å². The maximum absolute atomic E-state index is 14.2. The molecule has 2 unspecified atom stereocenters. The molecule has 2 aromatic heterocycles. The van der Waals surface area contributed by atoms with Crippen LogP contribution in [0.5, 0.6) is 11.5 Å². The minimum absolute atomic E-state index is 0.0682. The molecule has 2 amide bonds. The first-order valence-corrected chi connectivity index (χ1v) is 27.3. The van der Waals surface area contributed by atoms with Gasteiger partial charge in [0.1, 0.15) is 17.1 Å². The molecule has 384 valence electrons. The lowest BCUT2D eigenvalue weighted by Crippen LogP contribution is -2.60. The summed E-state index contributed by atoms with van der Waals surface area (Å²) >= 11 is 0. The first-order valence-electron chi connectivity index (χ1n) is 25.8. The summed E-state index contributed by atoms with van der Waals surface area (Å²) in [5.41, 5.74) is 4.68. The number of carbonyl (C=O) groups is 2. The van der Waals surface area contributed by atoms with Crippen molar-refractivity contribution in [3.8, 4) is 11.5 Å². The number of ether oxygens (including phenoxy) is 1. The zero-order valence-electron chi connectivity index (χ0n) is 41.8. The average Bonchev–Trinajstić information content (AvgIpc) is 3.86. The summed E-state index contributed by atoms with van der Waals surface area (Å²) < 4.78 is 36.6. The lowest BCUT2D eigenvalue weighted by molar-refractivity contribution is -0.526. The molecule has 4 N–H and O–H groups in total. The highest BCUT2D eigenvalue weighted by molar-refractivity contribution is 7.91. The van der Waals surface area contributed by atoms with E-state index in [0.717, 1.165) is 75.3 Å². The third-order valence-electron chi connectivity index (χ3n) is 16.4. The predicted octanol–water partition coefficient (Wildman–Crippen LogP) is 8.83. The molecule has 5 aromatic rings. The predicted molar refractivity (Wildman–Crippen MR) is 280 cm³/mol. The smallest absolute Gasteiger partial charge is 0.359 e. The van der Waals surface area contributed by atoms with Gasteiger partial charge in [-0.05, 0) is 129 Å². The lowest BCUT2D eigenvalue weighted by Gasteiger charge is -2.58. The van der Waals surface area contributed by atoms with Crippen LogP contribution in [0.3, 0.4) is 0 Å². The van der Waals surface area contributed by atoms with Gasteiger partial charge in [-0.15, -0.1) is 0 Å². The van der Waals surface area contributed by atoms with Gasteiger partial charge in [-0.25, -0.2) is 9.71 Å². The number of hydrogen-bond acceptors (Lipinski definition) is 12. The van der Waals surface area contributed by atoms with E-state index in [1.165, 1.54) is 35.5 Å². The van der Waals surface area contributed by atoms with Crippen molar-refractivity contribution in [2.24, 2.45) is 11.3 Å². The molecular formula is C56H66N8O8S. The molecule has 73 heavy (non-hydrogen) atoms. The van der Waals surface area contributed by atoms with Gasteiger partial charge in [-0.2, -0.15) is 8.42 Å². The number of piperazine rings is 1. The Labute approximate surface area is 427 Å². The molecular weight excluding hydrogens is 945 g/mol. The normalized spacial score (nSPS) is 24.5. The van der Waals surface area contributed by atoms with Crippen LogP contribution in [-0.4, -0.2) is 106 Å². The number of hydrogen-bond donors (Lipinski definition) is 4. The van der Waals surface area contributed by atoms with Crippen molar-refractivity contribution in [1.29, 1.82) is 0 Å². The zero-order valence-corrected chi connectivity index (χ0v) is 42.7. The highest BCUT2D eigenvalue weighted by Crippen LogP contribution is 2.53. The molecule has 2 saturated carbocycles. The summed E-state index contributed by atoms with van der Waals surface area (Å²) in [6.45, 7) is 10.5. The average molecular weight is 1010 g/mol. The third kappa shape index (κ3) is 10.2. The molecule has 17 heteroatoms. The molecule has 10 rings (SSSR count). The van der Waals surface area contributed by atoms with Crippen LogP contribution in [0.1, 0.15) is 122 Å². The van der Waals surface area contributed by atoms with Gasteiger partial charge in [-0.3, -0.25) is 24.6 Å². The summed E-state index contributed by atoms with van der Waals surface area (Å²) in [5, 5.41) is 27.1. The van der Waals surface area contributed by atoms with Crippen LogP contribution in [0.4, 0.5) is 5.69 Å². The van der Waals surface area contributed by atoms with Crippen molar-refractivity contribution < 1.29 is 32.8 Å². The SMILES string of the molecule is CC(C)c1ccccc1C1CN(C(=O)c2ccccc2)CCN1C1CC2(CCN(c3ccc(C(=O)NS(=O)(=O)C4([N+](=O)[O-])C=CC(NCC5CCC(C)(O)CC5)=CC4)c(Oc4cnc5[nH]ccc5c4)c3)CC2)C1. The van der Waals surface area contributed by atoms with Gasteiger partial charge in [0.05, 0.1) is 29.8 Å². The van der Waals surface area contributed by atoms with Crippen molar-refractivity contribution in [1.82, 2.24) is 29.8 Å². The molecule has 5 aliphatic rings. The van der Waals surface area contributed by atoms with Crippen LogP contribution >= 0.6 is 0 Å². The maximum atomic E-state index is 14.2. The molecule has 1 spiro atoms. The van der Waals surface area contributed by atoms with Gasteiger partial charge in [0.2, 0.25) is 0 Å². The number of H-pyrrole nitrogens is 1. The lowest BCUT2D eigenvalue weighted by atomic mass is 9.59. The van der Waals surface area contributed by atoms with Crippen LogP contribution in [0, 0.1) is 21.4 Å². The Morgan fingerprint density at radius 1 is 0.959 bits per heavy atom. The van der Waals surface area contributed by atoms with Crippen molar-refractivity contribution in [2.75, 3.05) is 44.2 Å². The number of aliphatic hydroxyl groups is 1. The molecule has 4 heterocycles. The number of rotatable bonds is 14. The second-order valence-electron chi connectivity index (χ2n) is 21.6. The summed E-state index contributed by atoms with van der Waals surface area (Å²) in [6.07, 6.45) is 13.7. The van der Waals surface area contributed by atoms with E-state index in [4.69, 9.17) is 4.74 Å². The van der Waals surface area contributed by atoms with Gasteiger partial charge in [0.15, 0.2) is 0 Å². The number of pyridine rings is 1. The molecule has 4 fully saturated rings. The Morgan fingerprint density at radius 2 is 1.70 bits per heavy atom. The van der Waals surface area contributed by atoms with E-state index >= 15 is 0 Å². The molecule has 2 atom stereocenters. The number of aromatic nitrogens is 2. The van der Waals surface area contributed by atoms with Crippen LogP contribution < -0.4 is 19.7 Å². The Balaban J connectivity index is 0.832. The largest absolute Gasteiger partial charge is 0.455 e. The van der Waals surface area contributed by atoms with Crippen molar-refractivity contribution in [2.45, 2.75) is 107 Å². The molecule has 0 bridgehead atoms. The van der Waals surface area contributed by atoms with Crippen molar-refractivity contribution in [3.63, 3.8) is 0 Å². The summed E-state index contributed by atoms with van der Waals surface area (Å²) in [4.78, 5) is 51.6. The van der Waals surface area contributed by atoms with Gasteiger partial charge >= 0.3 is 14.9 Å². The van der Waals surface area contributed by atoms with E-state index in [-0.39, 0.29) is 28.7 Å². The highest BCUT2D eigenvalue weighted by atomic mass is 32.2. The molecule has 0 radical (unpaired) electrons. The maximum Gasteiger partial charge on any atom is 0.359 e. The van der Waals surface area contributed by atoms with Crippen LogP contribution in [0.25, 0.3) is 11.0 Å². The number of nitrogens with zero attached hydrogens (tertiary/aromatic N) is 5. The van der Waals surface area contributed by atoms with E-state index in [2.05, 4.69) is 63.2 Å². The second-order valence-corrected chi connectivity index (χ2v) is 23.5. The number of piperidine rings is 1. The van der Waals surface area contributed by atoms with Gasteiger partial charge in [-0.1, -0.05) is 62.4 Å². The number of nitrogens with one attached hydrogen (secondary N) is 3. The Hall–Kier alpha value is -6.56. The summed E-state index contributed by atoms with van der Waals surface area (Å²) in [5.74, 6) is 0.0402. The van der Waals surface area contributed by atoms with Crippen molar-refractivity contribution >= 4 is 38.6 Å². The molecule has 2 saturated heterocycles. The number of sulfonamides is 1. The Bertz CT molecular complexity index is 3040. The fourth-order valence-electron chi connectivity index (χ4n) is 11.9. The molecule has 3 aromatic carbocycles. The van der Waals surface area contributed by atoms with Crippen LogP contribution in [-0.2, 0) is 10.0 Å². The zero-order chi connectivity index (χ0) is 51.1. The number of allylic oxidation sites excluding steroid dienone is 1. The topological polar surface area (TPSA) is 203 Å². The van der Waals surface area contributed by atoms with Crippen LogP contribution in [0.2, 0.25) is 0 Å². The fourth-order valence-corrected chi connectivity index (χ4v) is 13.2. The minimum atomic E-state index is -4.96. The number of aromatic amines is 1. The number of amides is 2. The highest BCUT2D eigenvalue weighted by Gasteiger charge is 2.55. The molecule has 2 aliphatic heterocycles. The van der Waals surface area contributed by atoms with E-state index < -0.39 is 37.7 Å². The molecule has 16 nitrogen and oxygen atoms in total. The van der Waals surface area contributed by atoms with Gasteiger partial charge in [0.25, 0.3) is 11.8 Å². The monoisotopic (exact) mass is 1010 g/mol. The second kappa shape index (κ2) is 20.0. The van der Waals surface area contributed by atoms with Crippen molar-refractivity contribution in [3.05, 3.63) is 154 Å². The van der Waals surface area contributed by atoms with Gasteiger partial charge < -0.3 is 29.9 Å².